The molecule has 0 saturated heterocycles. The first-order valence-corrected chi connectivity index (χ1v) is 15.3. The number of nitrogens with zero attached hydrogens (tertiary/aromatic N) is 3. The molecule has 45 heavy (non-hydrogen) atoms. The van der Waals surface area contributed by atoms with Crippen molar-refractivity contribution in [2.24, 2.45) is 5.10 Å². The van der Waals surface area contributed by atoms with E-state index in [-0.39, 0.29) is 11.5 Å². The Labute approximate surface area is 271 Å². The third-order valence-corrected chi connectivity index (χ3v) is 8.35. The zero-order valence-corrected chi connectivity index (χ0v) is 26.9. The number of hydrogen-bond acceptors (Lipinski definition) is 5. The third-order valence-electron chi connectivity index (χ3n) is 7.79. The van der Waals surface area contributed by atoms with E-state index in [1.165, 1.54) is 4.68 Å². The smallest absolute Gasteiger partial charge is 0.282 e. The minimum absolute atomic E-state index is 0.189. The molecule has 0 aliphatic carbocycles. The van der Waals surface area contributed by atoms with E-state index in [4.69, 9.17) is 37.7 Å². The van der Waals surface area contributed by atoms with Crippen LogP contribution in [0.25, 0.3) is 33.1 Å². The summed E-state index contributed by atoms with van der Waals surface area (Å²) in [6.07, 6.45) is 1.55. The van der Waals surface area contributed by atoms with Gasteiger partial charge in [-0.3, -0.25) is 4.79 Å². The van der Waals surface area contributed by atoms with E-state index in [2.05, 4.69) is 37.1 Å². The monoisotopic (exact) mass is 635 g/mol. The Balaban J connectivity index is 1.38. The number of para-hydroxylation sites is 1. The molecule has 226 valence electrons. The van der Waals surface area contributed by atoms with Gasteiger partial charge in [-0.2, -0.15) is 9.78 Å². The standard InChI is InChI=1S/C37H31Cl2N3O3/c1-22(2)29-19-30(23(3)16-34(29)44-4)36-41-33-15-8-7-14-28(33)37(43)42(36)40-20-24-17-31(38)35(32(39)18-24)45-21-26-12-9-11-25-10-5-6-13-27(25)26/h5-20,22H,21H2,1-4H3. The zero-order valence-electron chi connectivity index (χ0n) is 25.3. The highest BCUT2D eigenvalue weighted by Gasteiger charge is 2.19. The van der Waals surface area contributed by atoms with E-state index in [1.54, 1.807) is 31.5 Å². The minimum atomic E-state index is -0.291. The van der Waals surface area contributed by atoms with Crippen LogP contribution in [0, 0.1) is 6.92 Å². The lowest BCUT2D eigenvalue weighted by Gasteiger charge is -2.17. The van der Waals surface area contributed by atoms with Crippen LogP contribution in [0.3, 0.4) is 0 Å². The van der Waals surface area contributed by atoms with Crippen LogP contribution < -0.4 is 15.0 Å². The summed E-state index contributed by atoms with van der Waals surface area (Å²) >= 11 is 13.3. The fourth-order valence-corrected chi connectivity index (χ4v) is 6.07. The number of ether oxygens (including phenoxy) is 2. The maximum atomic E-state index is 13.8. The van der Waals surface area contributed by atoms with Gasteiger partial charge in [-0.1, -0.05) is 91.6 Å². The molecule has 0 aliphatic rings. The van der Waals surface area contributed by atoms with Crippen molar-refractivity contribution >= 4 is 51.1 Å². The molecule has 1 aromatic heterocycles. The summed E-state index contributed by atoms with van der Waals surface area (Å²) in [7, 11) is 1.66. The number of benzene rings is 5. The van der Waals surface area contributed by atoms with Crippen molar-refractivity contribution in [1.29, 1.82) is 0 Å². The predicted molar refractivity (Wildman–Crippen MR) is 185 cm³/mol. The molecule has 6 aromatic rings. The van der Waals surface area contributed by atoms with Crippen molar-refractivity contribution in [2.45, 2.75) is 33.3 Å². The van der Waals surface area contributed by atoms with Crippen LogP contribution in [-0.2, 0) is 6.61 Å². The molecule has 6 rings (SSSR count). The largest absolute Gasteiger partial charge is 0.496 e. The lowest BCUT2D eigenvalue weighted by Crippen LogP contribution is -2.20. The molecule has 0 bridgehead atoms. The predicted octanol–water partition coefficient (Wildman–Crippen LogP) is 9.43. The lowest BCUT2D eigenvalue weighted by molar-refractivity contribution is 0.308. The fraction of sp³-hybridized carbons (Fsp3) is 0.162. The average molecular weight is 637 g/mol. The van der Waals surface area contributed by atoms with E-state index in [1.807, 2.05) is 61.5 Å². The van der Waals surface area contributed by atoms with Crippen molar-refractivity contribution in [2.75, 3.05) is 7.11 Å². The SMILES string of the molecule is COc1cc(C)c(-c2nc3ccccc3c(=O)n2N=Cc2cc(Cl)c(OCc3cccc4ccccc34)c(Cl)c2)cc1C(C)C. The summed E-state index contributed by atoms with van der Waals surface area (Å²) in [5, 5.41) is 7.99. The van der Waals surface area contributed by atoms with Crippen LogP contribution in [0.2, 0.25) is 10.0 Å². The first-order chi connectivity index (χ1) is 21.7. The molecular formula is C37H31Cl2N3O3. The highest BCUT2D eigenvalue weighted by atomic mass is 35.5. The molecule has 0 amide bonds. The van der Waals surface area contributed by atoms with Gasteiger partial charge in [-0.25, -0.2) is 4.98 Å². The van der Waals surface area contributed by atoms with Crippen LogP contribution >= 0.6 is 23.2 Å². The molecule has 0 unspecified atom stereocenters. The Hall–Kier alpha value is -4.65. The Morgan fingerprint density at radius 1 is 0.911 bits per heavy atom. The molecule has 0 fully saturated rings. The number of halogens is 2. The summed E-state index contributed by atoms with van der Waals surface area (Å²) in [5.41, 5.74) is 4.62. The molecule has 0 spiro atoms. The second kappa shape index (κ2) is 12.8. The molecule has 8 heteroatoms. The summed E-state index contributed by atoms with van der Waals surface area (Å²) in [6.45, 7) is 6.46. The second-order valence-corrected chi connectivity index (χ2v) is 11.9. The van der Waals surface area contributed by atoms with Crippen molar-refractivity contribution in [3.63, 3.8) is 0 Å². The van der Waals surface area contributed by atoms with Gasteiger partial charge in [-0.05, 0) is 82.3 Å². The minimum Gasteiger partial charge on any atom is -0.496 e. The third kappa shape index (κ3) is 6.04. The summed E-state index contributed by atoms with van der Waals surface area (Å²) in [6, 6.07) is 28.9. The maximum Gasteiger partial charge on any atom is 0.282 e. The molecule has 5 aromatic carbocycles. The van der Waals surface area contributed by atoms with Gasteiger partial charge in [0.2, 0.25) is 0 Å². The van der Waals surface area contributed by atoms with Crippen LogP contribution in [0.4, 0.5) is 0 Å². The van der Waals surface area contributed by atoms with Gasteiger partial charge in [0, 0.05) is 5.56 Å². The number of aromatic nitrogens is 2. The number of rotatable bonds is 8. The molecule has 0 aliphatic heterocycles. The molecule has 0 atom stereocenters. The van der Waals surface area contributed by atoms with E-state index < -0.39 is 0 Å². The average Bonchev–Trinajstić information content (AvgIpc) is 3.03. The van der Waals surface area contributed by atoms with Gasteiger partial charge in [-0.15, -0.1) is 0 Å². The topological polar surface area (TPSA) is 65.7 Å². The van der Waals surface area contributed by atoms with Crippen molar-refractivity contribution < 1.29 is 9.47 Å². The molecular weight excluding hydrogens is 605 g/mol. The van der Waals surface area contributed by atoms with Gasteiger partial charge in [0.05, 0.1) is 34.3 Å². The summed E-state index contributed by atoms with van der Waals surface area (Å²) < 4.78 is 13.1. The van der Waals surface area contributed by atoms with Gasteiger partial charge in [0.15, 0.2) is 11.6 Å². The van der Waals surface area contributed by atoms with Crippen LogP contribution in [-0.4, -0.2) is 23.0 Å². The summed E-state index contributed by atoms with van der Waals surface area (Å²) in [4.78, 5) is 18.7. The van der Waals surface area contributed by atoms with Gasteiger partial charge in [0.25, 0.3) is 5.56 Å². The Morgan fingerprint density at radius 3 is 2.33 bits per heavy atom. The maximum absolute atomic E-state index is 13.8. The number of fused-ring (bicyclic) bond motifs is 2. The fourth-order valence-electron chi connectivity index (χ4n) is 5.46. The van der Waals surface area contributed by atoms with Gasteiger partial charge in [0.1, 0.15) is 12.4 Å². The molecule has 0 N–H and O–H groups in total. The number of hydrogen-bond donors (Lipinski definition) is 0. The highest BCUT2D eigenvalue weighted by Crippen LogP contribution is 2.36. The Morgan fingerprint density at radius 2 is 1.60 bits per heavy atom. The first kappa shape index (κ1) is 30.4. The molecule has 1 heterocycles. The van der Waals surface area contributed by atoms with E-state index >= 15 is 0 Å². The van der Waals surface area contributed by atoms with Crippen LogP contribution in [0.5, 0.6) is 11.5 Å². The first-order valence-electron chi connectivity index (χ1n) is 14.6. The molecule has 0 radical (unpaired) electrons. The van der Waals surface area contributed by atoms with E-state index in [0.717, 1.165) is 38.8 Å². The second-order valence-electron chi connectivity index (χ2n) is 11.1. The Kier molecular flexibility index (Phi) is 8.61. The Bertz CT molecular complexity index is 2130. The van der Waals surface area contributed by atoms with E-state index in [0.29, 0.717) is 44.7 Å². The normalized spacial score (nSPS) is 11.6. The lowest BCUT2D eigenvalue weighted by atomic mass is 9.96. The molecule has 6 nitrogen and oxygen atoms in total. The molecule has 0 saturated carbocycles. The zero-order chi connectivity index (χ0) is 31.7. The highest BCUT2D eigenvalue weighted by molar-refractivity contribution is 6.37. The van der Waals surface area contributed by atoms with Crippen molar-refractivity contribution in [3.8, 4) is 22.9 Å². The van der Waals surface area contributed by atoms with Crippen LogP contribution in [0.15, 0.2) is 101 Å². The summed E-state index contributed by atoms with van der Waals surface area (Å²) in [5.74, 6) is 1.78. The number of aryl methyl sites for hydroxylation is 1. The van der Waals surface area contributed by atoms with Gasteiger partial charge < -0.3 is 9.47 Å². The van der Waals surface area contributed by atoms with Crippen LogP contribution in [0.1, 0.15) is 42.0 Å². The van der Waals surface area contributed by atoms with Crippen molar-refractivity contribution in [1.82, 2.24) is 9.66 Å². The van der Waals surface area contributed by atoms with Crippen molar-refractivity contribution in [3.05, 3.63) is 134 Å². The quantitative estimate of drug-likeness (QED) is 0.156. The number of methoxy groups -OCH3 is 1. The van der Waals surface area contributed by atoms with E-state index in [9.17, 15) is 4.79 Å². The van der Waals surface area contributed by atoms with Gasteiger partial charge >= 0.3 is 0 Å².